The predicted molar refractivity (Wildman–Crippen MR) is 129 cm³/mol. The van der Waals surface area contributed by atoms with E-state index in [1.807, 2.05) is 0 Å². The highest BCUT2D eigenvalue weighted by molar-refractivity contribution is 7.12. The molecular weight excluding hydrogens is 525 g/mol. The van der Waals surface area contributed by atoms with E-state index in [1.165, 1.54) is 28.8 Å². The van der Waals surface area contributed by atoms with Crippen LogP contribution in [0.15, 0.2) is 48.4 Å². The maximum absolute atomic E-state index is 14.6. The molecule has 0 saturated heterocycles. The molecule has 1 unspecified atom stereocenters. The molecule has 1 atom stereocenters. The average molecular weight is 540 g/mol. The molecule has 4 heterocycles. The van der Waals surface area contributed by atoms with Crippen LogP contribution in [0.1, 0.15) is 33.2 Å². The highest BCUT2D eigenvalue weighted by Gasteiger charge is 2.48. The number of benzene rings is 1. The van der Waals surface area contributed by atoms with Gasteiger partial charge in [-0.25, -0.2) is 14.2 Å². The number of halogens is 2. The Morgan fingerprint density at radius 2 is 2.16 bits per heavy atom. The Morgan fingerprint density at radius 3 is 2.89 bits per heavy atom. The number of aromatic nitrogens is 7. The first-order valence-electron chi connectivity index (χ1n) is 10.8. The van der Waals surface area contributed by atoms with Gasteiger partial charge in [0, 0.05) is 32.7 Å². The Hall–Kier alpha value is -4.20. The Labute approximate surface area is 216 Å². The van der Waals surface area contributed by atoms with Crippen LogP contribution in [0.5, 0.6) is 0 Å². The van der Waals surface area contributed by atoms with Crippen LogP contribution >= 0.6 is 22.9 Å². The lowest BCUT2D eigenvalue weighted by Gasteiger charge is -2.20. The largest absolute Gasteiger partial charge is 0.618 e. The Morgan fingerprint density at radius 1 is 1.32 bits per heavy atom. The van der Waals surface area contributed by atoms with Crippen LogP contribution in [0.3, 0.4) is 0 Å². The molecule has 5 aromatic rings. The maximum atomic E-state index is 14.6. The molecule has 186 valence electrons. The predicted octanol–water partition coefficient (Wildman–Crippen LogP) is 3.09. The second-order valence-corrected chi connectivity index (χ2v) is 9.76. The minimum Gasteiger partial charge on any atom is -0.618 e. The topological polar surface area (TPSA) is 157 Å². The van der Waals surface area contributed by atoms with E-state index in [2.05, 4.69) is 25.5 Å². The summed E-state index contributed by atoms with van der Waals surface area (Å²) in [6.45, 7) is 0. The van der Waals surface area contributed by atoms with Crippen LogP contribution in [-0.2, 0) is 12.0 Å². The Bertz CT molecular complexity index is 1690. The summed E-state index contributed by atoms with van der Waals surface area (Å²) in [5.41, 5.74) is 0.921. The minimum absolute atomic E-state index is 0.0180. The van der Waals surface area contributed by atoms with Crippen molar-refractivity contribution < 1.29 is 24.1 Å². The van der Waals surface area contributed by atoms with Crippen molar-refractivity contribution in [2.75, 3.05) is 0 Å². The summed E-state index contributed by atoms with van der Waals surface area (Å²) in [7, 11) is 0. The third-order valence-electron chi connectivity index (χ3n) is 6.31. The van der Waals surface area contributed by atoms with Gasteiger partial charge in [0.2, 0.25) is 11.3 Å². The number of carboxylic acid groups (broad SMARTS) is 1. The van der Waals surface area contributed by atoms with Gasteiger partial charge in [0.05, 0.1) is 17.6 Å². The molecule has 1 aromatic carbocycles. The SMILES string of the molecule is O=C(O)c1scc(-c2cnc(C3(O)CCc4cc(-c5cc(Cl)ccc5-n5cnnn5)c[n+]([O-])c43)[nH]2)c1F. The summed E-state index contributed by atoms with van der Waals surface area (Å²) in [5.74, 6) is -2.21. The fourth-order valence-electron chi connectivity index (χ4n) is 4.62. The molecule has 0 bridgehead atoms. The van der Waals surface area contributed by atoms with Gasteiger partial charge >= 0.3 is 5.97 Å². The second kappa shape index (κ2) is 8.44. The molecule has 37 heavy (non-hydrogen) atoms. The van der Waals surface area contributed by atoms with Crippen molar-refractivity contribution in [2.45, 2.75) is 18.4 Å². The molecule has 0 saturated carbocycles. The van der Waals surface area contributed by atoms with Crippen LogP contribution in [0.2, 0.25) is 5.02 Å². The van der Waals surface area contributed by atoms with Gasteiger partial charge in [0.1, 0.15) is 17.0 Å². The van der Waals surface area contributed by atoms with Gasteiger partial charge in [0.25, 0.3) is 0 Å². The lowest BCUT2D eigenvalue weighted by molar-refractivity contribution is -0.620. The first-order valence-corrected chi connectivity index (χ1v) is 12.1. The van der Waals surface area contributed by atoms with E-state index < -0.39 is 22.3 Å². The van der Waals surface area contributed by atoms with Gasteiger partial charge in [-0.1, -0.05) is 11.6 Å². The van der Waals surface area contributed by atoms with Crippen molar-refractivity contribution in [2.24, 2.45) is 0 Å². The zero-order valence-electron chi connectivity index (χ0n) is 18.6. The number of carbonyl (C=O) groups is 1. The number of aromatic amines is 1. The van der Waals surface area contributed by atoms with Gasteiger partial charge in [-0.3, -0.25) is 0 Å². The van der Waals surface area contributed by atoms with Gasteiger partial charge in [0.15, 0.2) is 12.0 Å². The molecule has 0 fully saturated rings. The normalized spacial score (nSPS) is 16.7. The zero-order chi connectivity index (χ0) is 25.9. The average Bonchev–Trinajstić information content (AvgIpc) is 3.66. The van der Waals surface area contributed by atoms with Crippen molar-refractivity contribution in [3.63, 3.8) is 0 Å². The van der Waals surface area contributed by atoms with Crippen molar-refractivity contribution in [3.8, 4) is 28.1 Å². The van der Waals surface area contributed by atoms with Crippen molar-refractivity contribution in [1.29, 1.82) is 0 Å². The first-order chi connectivity index (χ1) is 17.8. The third kappa shape index (κ3) is 3.66. The molecule has 0 amide bonds. The number of nitrogens with one attached hydrogen (secondary N) is 1. The molecule has 1 aliphatic carbocycles. The molecule has 0 radical (unpaired) electrons. The summed E-state index contributed by atoms with van der Waals surface area (Å²) < 4.78 is 16.6. The molecule has 14 heteroatoms. The number of fused-ring (bicyclic) bond motifs is 1. The molecule has 3 N–H and O–H groups in total. The monoisotopic (exact) mass is 539 g/mol. The molecule has 0 spiro atoms. The van der Waals surface area contributed by atoms with Crippen LogP contribution in [0.25, 0.3) is 28.1 Å². The summed E-state index contributed by atoms with van der Waals surface area (Å²) in [5, 5.41) is 47.1. The fourth-order valence-corrected chi connectivity index (χ4v) is 5.58. The number of carboxylic acids is 1. The number of pyridine rings is 1. The molecular formula is C23H15ClFN7O4S. The number of hydrogen-bond donors (Lipinski definition) is 3. The number of aromatic carboxylic acids is 1. The van der Waals surface area contributed by atoms with Crippen LogP contribution in [0.4, 0.5) is 4.39 Å². The highest BCUT2D eigenvalue weighted by atomic mass is 35.5. The number of hydrogen-bond acceptors (Lipinski definition) is 8. The molecule has 1 aliphatic rings. The first kappa shape index (κ1) is 23.2. The van der Waals surface area contributed by atoms with Crippen molar-refractivity contribution >= 4 is 28.9 Å². The Balaban J connectivity index is 1.41. The van der Waals surface area contributed by atoms with Crippen LogP contribution in [0, 0.1) is 11.0 Å². The summed E-state index contributed by atoms with van der Waals surface area (Å²) in [4.78, 5) is 17.8. The quantitative estimate of drug-likeness (QED) is 0.227. The fraction of sp³-hybridized carbons (Fsp3) is 0.130. The van der Waals surface area contributed by atoms with E-state index in [9.17, 15) is 19.5 Å². The lowest BCUT2D eigenvalue weighted by Crippen LogP contribution is -2.42. The Kier molecular flexibility index (Phi) is 5.29. The van der Waals surface area contributed by atoms with Crippen molar-refractivity contribution in [1.82, 2.24) is 30.2 Å². The summed E-state index contributed by atoms with van der Waals surface area (Å²) >= 11 is 6.99. The standard InChI is InChI=1S/C23H15ClFN7O4S/c24-13-1-2-17(31-10-27-29-30-31)14(6-13)12-5-11-3-4-23(35,20(11)32(36)8-12)22-26-7-16(28-22)15-9-37-19(18(15)25)21(33)34/h1-2,5-10,35H,3-4H2,(H,26,28)(H,33,34). The lowest BCUT2D eigenvalue weighted by atomic mass is 9.98. The van der Waals surface area contributed by atoms with Gasteiger partial charge in [-0.15, -0.1) is 16.4 Å². The van der Waals surface area contributed by atoms with Gasteiger partial charge in [-0.2, -0.15) is 9.41 Å². The van der Waals surface area contributed by atoms with E-state index in [0.717, 1.165) is 11.3 Å². The second-order valence-electron chi connectivity index (χ2n) is 8.45. The minimum atomic E-state index is -1.76. The molecule has 0 aliphatic heterocycles. The number of H-pyrrole nitrogens is 1. The highest BCUT2D eigenvalue weighted by Crippen LogP contribution is 2.41. The van der Waals surface area contributed by atoms with E-state index in [4.69, 9.17) is 16.7 Å². The molecule has 11 nitrogen and oxygen atoms in total. The van der Waals surface area contributed by atoms with E-state index >= 15 is 0 Å². The zero-order valence-corrected chi connectivity index (χ0v) is 20.2. The van der Waals surface area contributed by atoms with Gasteiger partial charge in [-0.05, 0) is 47.5 Å². The number of rotatable bonds is 5. The van der Waals surface area contributed by atoms with E-state index in [-0.39, 0.29) is 29.2 Å². The van der Waals surface area contributed by atoms with E-state index in [0.29, 0.717) is 38.6 Å². The van der Waals surface area contributed by atoms with Crippen molar-refractivity contribution in [3.05, 3.63) is 86.4 Å². The van der Waals surface area contributed by atoms with Crippen LogP contribution < -0.4 is 4.73 Å². The smallest absolute Gasteiger partial charge is 0.348 e. The van der Waals surface area contributed by atoms with Gasteiger partial charge < -0.3 is 20.4 Å². The third-order valence-corrected chi connectivity index (χ3v) is 7.48. The molecule has 4 aromatic heterocycles. The summed E-state index contributed by atoms with van der Waals surface area (Å²) in [6, 6.07) is 6.91. The van der Waals surface area contributed by atoms with Crippen LogP contribution in [-0.4, -0.2) is 46.4 Å². The van der Waals surface area contributed by atoms with E-state index in [1.54, 1.807) is 24.3 Å². The number of imidazole rings is 1. The molecule has 6 rings (SSSR count). The maximum Gasteiger partial charge on any atom is 0.348 e. The number of nitrogens with zero attached hydrogens (tertiary/aromatic N) is 6. The summed E-state index contributed by atoms with van der Waals surface area (Å²) in [6.07, 6.45) is 4.58. The number of aliphatic hydroxyl groups is 1. The number of thiophene rings is 1. The number of aryl methyl sites for hydroxylation is 1. The number of tetrazole rings is 1.